The Morgan fingerprint density at radius 1 is 1.14 bits per heavy atom. The fraction of sp³-hybridized carbons (Fsp3) is 0.241. The number of carboxylic acid groups (broad SMARTS) is 1. The van der Waals surface area contributed by atoms with E-state index in [1.807, 2.05) is 36.5 Å². The second-order valence-electron chi connectivity index (χ2n) is 8.83. The van der Waals surface area contributed by atoms with Gasteiger partial charge in [-0.2, -0.15) is 0 Å². The molecule has 3 heterocycles. The first-order valence-corrected chi connectivity index (χ1v) is 11.8. The number of nitrogens with zero attached hydrogens (tertiary/aromatic N) is 2. The van der Waals surface area contributed by atoms with Crippen LogP contribution in [0, 0.1) is 11.8 Å². The van der Waals surface area contributed by atoms with Crippen LogP contribution in [0.2, 0.25) is 0 Å². The molecule has 1 saturated heterocycles. The van der Waals surface area contributed by atoms with Gasteiger partial charge in [-0.05, 0) is 54.8 Å². The second kappa shape index (κ2) is 10.1. The predicted octanol–water partition coefficient (Wildman–Crippen LogP) is 4.94. The van der Waals surface area contributed by atoms with Gasteiger partial charge in [0.15, 0.2) is 0 Å². The first kappa shape index (κ1) is 22.9. The summed E-state index contributed by atoms with van der Waals surface area (Å²) < 4.78 is 5.46. The molecule has 35 heavy (non-hydrogen) atoms. The summed E-state index contributed by atoms with van der Waals surface area (Å²) in [6.07, 6.45) is 6.04. The number of aromatic nitrogens is 2. The molecule has 5 rings (SSSR count). The number of carbonyl (C=O) groups is 1. The van der Waals surface area contributed by atoms with Crippen LogP contribution in [0.25, 0.3) is 22.2 Å². The van der Waals surface area contributed by atoms with Crippen LogP contribution in [0.15, 0.2) is 67.0 Å². The number of H-pyrrole nitrogens is 1. The van der Waals surface area contributed by atoms with Gasteiger partial charge in [-0.15, -0.1) is 0 Å². The highest BCUT2D eigenvalue weighted by molar-refractivity contribution is 5.98. The van der Waals surface area contributed by atoms with Gasteiger partial charge in [0.05, 0.1) is 11.7 Å². The molecule has 6 nitrogen and oxygen atoms in total. The second-order valence-corrected chi connectivity index (χ2v) is 8.83. The lowest BCUT2D eigenvalue weighted by Gasteiger charge is -2.31. The van der Waals surface area contributed by atoms with Crippen LogP contribution in [0.3, 0.4) is 0 Å². The number of likely N-dealkylation sites (tertiary alicyclic amines) is 1. The number of fused-ring (bicyclic) bond motifs is 1. The molecule has 0 atom stereocenters. The zero-order valence-electron chi connectivity index (χ0n) is 19.6. The molecule has 0 aliphatic carbocycles. The molecule has 2 aromatic heterocycles. The van der Waals surface area contributed by atoms with Crippen molar-refractivity contribution in [1.29, 1.82) is 0 Å². The van der Waals surface area contributed by atoms with E-state index in [9.17, 15) is 9.90 Å². The van der Waals surface area contributed by atoms with E-state index in [1.54, 1.807) is 25.4 Å². The number of hydrogen-bond donors (Lipinski definition) is 2. The van der Waals surface area contributed by atoms with E-state index in [0.717, 1.165) is 54.6 Å². The van der Waals surface area contributed by atoms with Crippen LogP contribution >= 0.6 is 0 Å². The number of rotatable bonds is 5. The molecular weight excluding hydrogens is 438 g/mol. The summed E-state index contributed by atoms with van der Waals surface area (Å²) in [6, 6.07) is 17.3. The molecule has 1 aliphatic rings. The van der Waals surface area contributed by atoms with E-state index in [1.165, 1.54) is 5.56 Å². The van der Waals surface area contributed by atoms with E-state index >= 15 is 0 Å². The fourth-order valence-electron chi connectivity index (χ4n) is 4.62. The van der Waals surface area contributed by atoms with Gasteiger partial charge in [0.25, 0.3) is 0 Å². The molecule has 6 heteroatoms. The highest BCUT2D eigenvalue weighted by Crippen LogP contribution is 2.29. The molecule has 0 amide bonds. The summed E-state index contributed by atoms with van der Waals surface area (Å²) in [5.41, 5.74) is 5.08. The zero-order chi connectivity index (χ0) is 24.2. The van der Waals surface area contributed by atoms with Crippen molar-refractivity contribution in [2.45, 2.75) is 25.5 Å². The van der Waals surface area contributed by atoms with Gasteiger partial charge in [-0.1, -0.05) is 30.0 Å². The highest BCUT2D eigenvalue weighted by atomic mass is 16.5. The van der Waals surface area contributed by atoms with Gasteiger partial charge in [0, 0.05) is 66.8 Å². The molecule has 1 aliphatic heterocycles. The molecule has 176 valence electrons. The Morgan fingerprint density at radius 3 is 2.69 bits per heavy atom. The molecule has 0 saturated carbocycles. The SMILES string of the molecule is COC1CCN(Cc2ccc(C#Cc3cccc(C(=O)O)c3-c3cnc4[nH]ccc4c3)cc2)CC1. The Bertz CT molecular complexity index is 1400. The van der Waals surface area contributed by atoms with Crippen LogP contribution in [-0.2, 0) is 11.3 Å². The van der Waals surface area contributed by atoms with Gasteiger partial charge in [0.2, 0.25) is 0 Å². The topological polar surface area (TPSA) is 78.4 Å². The number of pyridine rings is 1. The van der Waals surface area contributed by atoms with Crippen molar-refractivity contribution in [3.8, 4) is 23.0 Å². The zero-order valence-corrected chi connectivity index (χ0v) is 19.6. The van der Waals surface area contributed by atoms with Crippen LogP contribution < -0.4 is 0 Å². The minimum Gasteiger partial charge on any atom is -0.478 e. The monoisotopic (exact) mass is 465 g/mol. The number of piperidine rings is 1. The number of hydrogen-bond acceptors (Lipinski definition) is 4. The lowest BCUT2D eigenvalue weighted by Crippen LogP contribution is -2.36. The number of carboxylic acids is 1. The highest BCUT2D eigenvalue weighted by Gasteiger charge is 2.19. The standard InChI is InChI=1S/C29H27N3O3/c1-35-25-12-15-32(16-13-25)19-21-7-5-20(6-8-21)9-10-22-3-2-4-26(29(33)34)27(22)24-17-23-11-14-30-28(23)31-18-24/h2-8,11,14,17-18,25H,12-13,15-16,19H2,1H3,(H,30,31)(H,33,34). The van der Waals surface area contributed by atoms with Crippen molar-refractivity contribution in [1.82, 2.24) is 14.9 Å². The summed E-state index contributed by atoms with van der Waals surface area (Å²) in [4.78, 5) is 21.9. The largest absolute Gasteiger partial charge is 0.478 e. The Balaban J connectivity index is 1.39. The van der Waals surface area contributed by atoms with Crippen LogP contribution in [0.5, 0.6) is 0 Å². The minimum atomic E-state index is -0.989. The molecule has 0 bridgehead atoms. The molecule has 2 N–H and O–H groups in total. The number of nitrogens with one attached hydrogen (secondary N) is 1. The molecular formula is C29H27N3O3. The third-order valence-electron chi connectivity index (χ3n) is 6.55. The van der Waals surface area contributed by atoms with Crippen molar-refractivity contribution in [3.05, 3.63) is 89.2 Å². The maximum atomic E-state index is 12.0. The number of methoxy groups -OCH3 is 1. The molecule has 0 radical (unpaired) electrons. The lowest BCUT2D eigenvalue weighted by molar-refractivity contribution is 0.0388. The molecule has 4 aromatic rings. The number of ether oxygens (including phenoxy) is 1. The van der Waals surface area contributed by atoms with Crippen molar-refractivity contribution in [2.75, 3.05) is 20.2 Å². The normalized spacial score (nSPS) is 14.5. The van der Waals surface area contributed by atoms with Crippen molar-refractivity contribution >= 4 is 17.0 Å². The maximum absolute atomic E-state index is 12.0. The van der Waals surface area contributed by atoms with Gasteiger partial charge in [-0.25, -0.2) is 9.78 Å². The predicted molar refractivity (Wildman–Crippen MR) is 136 cm³/mol. The van der Waals surface area contributed by atoms with Crippen molar-refractivity contribution in [2.24, 2.45) is 0 Å². The summed E-state index contributed by atoms with van der Waals surface area (Å²) >= 11 is 0. The van der Waals surface area contributed by atoms with Crippen LogP contribution in [0.4, 0.5) is 0 Å². The Hall–Kier alpha value is -3.92. The van der Waals surface area contributed by atoms with E-state index in [0.29, 0.717) is 17.2 Å². The van der Waals surface area contributed by atoms with Gasteiger partial charge in [-0.3, -0.25) is 4.90 Å². The van der Waals surface area contributed by atoms with Gasteiger partial charge >= 0.3 is 5.97 Å². The van der Waals surface area contributed by atoms with Gasteiger partial charge < -0.3 is 14.8 Å². The van der Waals surface area contributed by atoms with E-state index in [-0.39, 0.29) is 5.56 Å². The summed E-state index contributed by atoms with van der Waals surface area (Å²) in [5.74, 6) is 5.43. The quantitative estimate of drug-likeness (QED) is 0.408. The maximum Gasteiger partial charge on any atom is 0.336 e. The van der Waals surface area contributed by atoms with Crippen LogP contribution in [-0.4, -0.2) is 52.2 Å². The third-order valence-corrected chi connectivity index (χ3v) is 6.55. The molecule has 2 aromatic carbocycles. The number of aromatic amines is 1. The average Bonchev–Trinajstić information content (AvgIpc) is 3.36. The Morgan fingerprint density at radius 2 is 1.94 bits per heavy atom. The summed E-state index contributed by atoms with van der Waals surface area (Å²) in [5, 5.41) is 10.7. The number of benzene rings is 2. The lowest BCUT2D eigenvalue weighted by atomic mass is 9.95. The molecule has 0 unspecified atom stereocenters. The molecule has 0 spiro atoms. The van der Waals surface area contributed by atoms with E-state index in [2.05, 4.69) is 38.8 Å². The number of aromatic carboxylic acids is 1. The molecule has 1 fully saturated rings. The fourth-order valence-corrected chi connectivity index (χ4v) is 4.62. The van der Waals surface area contributed by atoms with Crippen molar-refractivity contribution in [3.63, 3.8) is 0 Å². The van der Waals surface area contributed by atoms with Gasteiger partial charge in [0.1, 0.15) is 5.65 Å². The van der Waals surface area contributed by atoms with Crippen LogP contribution in [0.1, 0.15) is 39.9 Å². The summed E-state index contributed by atoms with van der Waals surface area (Å²) in [7, 11) is 1.79. The smallest absolute Gasteiger partial charge is 0.336 e. The third kappa shape index (κ3) is 5.12. The van der Waals surface area contributed by atoms with E-state index in [4.69, 9.17) is 4.74 Å². The average molecular weight is 466 g/mol. The van der Waals surface area contributed by atoms with Crippen molar-refractivity contribution < 1.29 is 14.6 Å². The Kier molecular flexibility index (Phi) is 6.62. The first-order valence-electron chi connectivity index (χ1n) is 11.8. The minimum absolute atomic E-state index is 0.209. The van der Waals surface area contributed by atoms with E-state index < -0.39 is 5.97 Å². The first-order chi connectivity index (χ1) is 17.1. The Labute approximate surface area is 204 Å². The summed E-state index contributed by atoms with van der Waals surface area (Å²) in [6.45, 7) is 3.02.